The number of thiophene rings is 1. The molecule has 1 aromatic carbocycles. The number of carbonyl (C=O) groups is 3. The maximum absolute atomic E-state index is 12.3. The molecule has 0 atom stereocenters. The summed E-state index contributed by atoms with van der Waals surface area (Å²) in [5.41, 5.74) is 3.83. The van der Waals surface area contributed by atoms with Crippen molar-refractivity contribution in [3.05, 3.63) is 49.8 Å². The van der Waals surface area contributed by atoms with Crippen LogP contribution in [-0.2, 0) is 27.2 Å². The van der Waals surface area contributed by atoms with Gasteiger partial charge in [0.15, 0.2) is 0 Å². The van der Waals surface area contributed by atoms with Gasteiger partial charge in [-0.05, 0) is 37.8 Å². The molecule has 2 amide bonds. The van der Waals surface area contributed by atoms with Gasteiger partial charge in [-0.15, -0.1) is 11.3 Å². The highest BCUT2D eigenvalue weighted by Crippen LogP contribution is 2.39. The van der Waals surface area contributed by atoms with E-state index in [0.29, 0.717) is 21.2 Å². The molecule has 0 bridgehead atoms. The fraction of sp³-hybridized carbons (Fsp3) is 0.263. The van der Waals surface area contributed by atoms with Crippen molar-refractivity contribution in [2.24, 2.45) is 5.10 Å². The van der Waals surface area contributed by atoms with Crippen molar-refractivity contribution in [1.29, 1.82) is 0 Å². The number of nitrogens with zero attached hydrogens (tertiary/aromatic N) is 1. The maximum atomic E-state index is 12.3. The lowest BCUT2D eigenvalue weighted by Gasteiger charge is -2.07. The Kier molecular flexibility index (Phi) is 6.89. The topological polar surface area (TPSA) is 96.9 Å². The first-order valence-electron chi connectivity index (χ1n) is 8.82. The Morgan fingerprint density at radius 3 is 2.79 bits per heavy atom. The van der Waals surface area contributed by atoms with Gasteiger partial charge >= 0.3 is 17.8 Å². The number of benzene rings is 1. The van der Waals surface area contributed by atoms with Gasteiger partial charge in [0.1, 0.15) is 5.00 Å². The first kappa shape index (κ1) is 21.3. The zero-order chi connectivity index (χ0) is 21.0. The fourth-order valence-electron chi connectivity index (χ4n) is 2.90. The Morgan fingerprint density at radius 1 is 1.24 bits per heavy atom. The average molecular weight is 454 g/mol. The number of hydrogen-bond donors (Lipinski definition) is 2. The molecule has 1 aliphatic rings. The van der Waals surface area contributed by atoms with E-state index in [1.54, 1.807) is 25.1 Å². The van der Waals surface area contributed by atoms with Gasteiger partial charge in [-0.2, -0.15) is 5.10 Å². The predicted molar refractivity (Wildman–Crippen MR) is 113 cm³/mol. The van der Waals surface area contributed by atoms with Crippen molar-refractivity contribution < 1.29 is 19.1 Å². The highest BCUT2D eigenvalue weighted by molar-refractivity contribution is 7.17. The SMILES string of the molecule is CCOC(=O)c1c(NC(=O)C(=O)N/N=C\c2cccc(Cl)c2Cl)sc2c1CCC2. The first-order valence-corrected chi connectivity index (χ1v) is 10.4. The molecule has 0 saturated heterocycles. The van der Waals surface area contributed by atoms with E-state index in [9.17, 15) is 14.4 Å². The number of carbonyl (C=O) groups excluding carboxylic acids is 3. The minimum Gasteiger partial charge on any atom is -0.462 e. The van der Waals surface area contributed by atoms with E-state index < -0.39 is 17.8 Å². The van der Waals surface area contributed by atoms with Crippen LogP contribution in [0, 0.1) is 0 Å². The second kappa shape index (κ2) is 9.39. The summed E-state index contributed by atoms with van der Waals surface area (Å²) in [6.07, 6.45) is 3.80. The Balaban J connectivity index is 1.69. The Morgan fingerprint density at radius 2 is 2.03 bits per heavy atom. The summed E-state index contributed by atoms with van der Waals surface area (Å²) in [6.45, 7) is 1.93. The summed E-state index contributed by atoms with van der Waals surface area (Å²) in [7, 11) is 0. The molecular weight excluding hydrogens is 437 g/mol. The molecule has 1 aliphatic carbocycles. The van der Waals surface area contributed by atoms with Crippen LogP contribution in [0.15, 0.2) is 23.3 Å². The van der Waals surface area contributed by atoms with E-state index in [4.69, 9.17) is 27.9 Å². The molecule has 1 aromatic heterocycles. The van der Waals surface area contributed by atoms with Crippen LogP contribution in [-0.4, -0.2) is 30.6 Å². The van der Waals surface area contributed by atoms with Crippen molar-refractivity contribution in [3.63, 3.8) is 0 Å². The average Bonchev–Trinajstić information content (AvgIpc) is 3.25. The van der Waals surface area contributed by atoms with E-state index in [-0.39, 0.29) is 11.6 Å². The number of anilines is 1. The van der Waals surface area contributed by atoms with E-state index in [0.717, 1.165) is 29.7 Å². The molecule has 2 aromatic rings. The van der Waals surface area contributed by atoms with Crippen LogP contribution in [0.4, 0.5) is 5.00 Å². The molecule has 3 rings (SSSR count). The molecule has 0 fully saturated rings. The van der Waals surface area contributed by atoms with Crippen molar-refractivity contribution in [1.82, 2.24) is 5.43 Å². The van der Waals surface area contributed by atoms with Crippen LogP contribution >= 0.6 is 34.5 Å². The lowest BCUT2D eigenvalue weighted by Crippen LogP contribution is -2.32. The number of rotatable bonds is 5. The number of nitrogens with one attached hydrogen (secondary N) is 2. The van der Waals surface area contributed by atoms with Crippen molar-refractivity contribution in [3.8, 4) is 0 Å². The summed E-state index contributed by atoms with van der Waals surface area (Å²) < 4.78 is 5.10. The summed E-state index contributed by atoms with van der Waals surface area (Å²) in [5.74, 6) is -2.43. The number of aryl methyl sites for hydroxylation is 1. The molecule has 29 heavy (non-hydrogen) atoms. The number of amides is 2. The number of hydrogen-bond acceptors (Lipinski definition) is 6. The zero-order valence-corrected chi connectivity index (χ0v) is 17.7. The molecule has 10 heteroatoms. The Bertz CT molecular complexity index is 1000. The van der Waals surface area contributed by atoms with Gasteiger partial charge in [0.05, 0.1) is 28.4 Å². The second-order valence-electron chi connectivity index (χ2n) is 6.08. The lowest BCUT2D eigenvalue weighted by atomic mass is 10.1. The minimum atomic E-state index is -0.984. The van der Waals surface area contributed by atoms with Crippen LogP contribution in [0.2, 0.25) is 10.0 Å². The van der Waals surface area contributed by atoms with Crippen LogP contribution in [0.3, 0.4) is 0 Å². The highest BCUT2D eigenvalue weighted by atomic mass is 35.5. The monoisotopic (exact) mass is 453 g/mol. The van der Waals surface area contributed by atoms with Gasteiger partial charge < -0.3 is 10.1 Å². The molecule has 7 nitrogen and oxygen atoms in total. The van der Waals surface area contributed by atoms with Gasteiger partial charge in [-0.1, -0.05) is 35.3 Å². The van der Waals surface area contributed by atoms with Gasteiger partial charge in [-0.3, -0.25) is 9.59 Å². The molecule has 0 aliphatic heterocycles. The van der Waals surface area contributed by atoms with E-state index >= 15 is 0 Å². The lowest BCUT2D eigenvalue weighted by molar-refractivity contribution is -0.136. The first-order chi connectivity index (χ1) is 13.9. The second-order valence-corrected chi connectivity index (χ2v) is 7.97. The molecule has 2 N–H and O–H groups in total. The number of esters is 1. The van der Waals surface area contributed by atoms with Crippen molar-refractivity contribution in [2.75, 3.05) is 11.9 Å². The molecular formula is C19H17Cl2N3O4S. The third-order valence-electron chi connectivity index (χ3n) is 4.19. The maximum Gasteiger partial charge on any atom is 0.341 e. The van der Waals surface area contributed by atoms with Gasteiger partial charge in [0.2, 0.25) is 0 Å². The Hall–Kier alpha value is -2.42. The number of hydrazone groups is 1. The molecule has 0 saturated carbocycles. The van der Waals surface area contributed by atoms with Crippen LogP contribution < -0.4 is 10.7 Å². The van der Waals surface area contributed by atoms with Crippen LogP contribution in [0.1, 0.15) is 39.7 Å². The predicted octanol–water partition coefficient (Wildman–Crippen LogP) is 3.81. The Labute approximate surface area is 181 Å². The molecule has 152 valence electrons. The summed E-state index contributed by atoms with van der Waals surface area (Å²) in [6, 6.07) is 4.95. The quantitative estimate of drug-likeness (QED) is 0.311. The molecule has 0 spiro atoms. The summed E-state index contributed by atoms with van der Waals surface area (Å²) in [4.78, 5) is 37.6. The standard InChI is InChI=1S/C19H17Cl2N3O4S/c1-2-28-19(27)14-11-6-4-8-13(11)29-18(14)23-16(25)17(26)24-22-9-10-5-3-7-12(20)15(10)21/h3,5,7,9H,2,4,6,8H2,1H3,(H,23,25)(H,24,26)/b22-9-. The van der Waals surface area contributed by atoms with Crippen molar-refractivity contribution >= 4 is 63.5 Å². The van der Waals surface area contributed by atoms with E-state index in [2.05, 4.69) is 15.8 Å². The van der Waals surface area contributed by atoms with Gasteiger partial charge in [0, 0.05) is 10.4 Å². The fourth-order valence-corrected chi connectivity index (χ4v) is 4.53. The molecule has 0 unspecified atom stereocenters. The highest BCUT2D eigenvalue weighted by Gasteiger charge is 2.29. The third-order valence-corrected chi connectivity index (χ3v) is 6.23. The normalized spacial score (nSPS) is 12.7. The van der Waals surface area contributed by atoms with Crippen LogP contribution in [0.5, 0.6) is 0 Å². The van der Waals surface area contributed by atoms with Crippen LogP contribution in [0.25, 0.3) is 0 Å². The largest absolute Gasteiger partial charge is 0.462 e. The summed E-state index contributed by atoms with van der Waals surface area (Å²) >= 11 is 13.2. The van der Waals surface area contributed by atoms with Gasteiger partial charge in [-0.25, -0.2) is 10.2 Å². The minimum absolute atomic E-state index is 0.220. The zero-order valence-electron chi connectivity index (χ0n) is 15.4. The van der Waals surface area contributed by atoms with E-state index in [1.165, 1.54) is 17.6 Å². The van der Waals surface area contributed by atoms with Gasteiger partial charge in [0.25, 0.3) is 0 Å². The third kappa shape index (κ3) is 4.77. The molecule has 1 heterocycles. The molecule has 0 radical (unpaired) electrons. The number of halogens is 2. The van der Waals surface area contributed by atoms with Crippen molar-refractivity contribution in [2.45, 2.75) is 26.2 Å². The summed E-state index contributed by atoms with van der Waals surface area (Å²) in [5, 5.41) is 7.16. The number of ether oxygens (including phenoxy) is 1. The number of fused-ring (bicyclic) bond motifs is 1. The smallest absolute Gasteiger partial charge is 0.341 e. The van der Waals surface area contributed by atoms with E-state index in [1.807, 2.05) is 0 Å².